The number of rotatable bonds is 7. The van der Waals surface area contributed by atoms with Crippen molar-refractivity contribution in [2.24, 2.45) is 0 Å². The monoisotopic (exact) mass is 432 g/mol. The first-order valence-corrected chi connectivity index (χ1v) is 11.8. The van der Waals surface area contributed by atoms with Crippen LogP contribution in [0.1, 0.15) is 22.3 Å². The summed E-state index contributed by atoms with van der Waals surface area (Å²) in [6.07, 6.45) is -0.632. The van der Waals surface area contributed by atoms with Crippen LogP contribution in [0.5, 0.6) is 5.75 Å². The van der Waals surface area contributed by atoms with Crippen molar-refractivity contribution < 1.29 is 18.3 Å². The zero-order valence-corrected chi connectivity index (χ0v) is 19.1. The van der Waals surface area contributed by atoms with Crippen molar-refractivity contribution >= 4 is 10.0 Å². The summed E-state index contributed by atoms with van der Waals surface area (Å²) >= 11 is 0. The number of para-hydroxylation sites is 1. The Morgan fingerprint density at radius 2 is 1.57 bits per heavy atom. The van der Waals surface area contributed by atoms with Gasteiger partial charge in [-0.1, -0.05) is 24.3 Å². The van der Waals surface area contributed by atoms with Crippen molar-refractivity contribution in [3.8, 4) is 5.75 Å². The molecule has 0 saturated carbocycles. The molecule has 30 heavy (non-hydrogen) atoms. The molecule has 1 saturated heterocycles. The Morgan fingerprint density at radius 1 is 0.933 bits per heavy atom. The summed E-state index contributed by atoms with van der Waals surface area (Å²) in [5, 5.41) is 10.4. The molecule has 1 heterocycles. The van der Waals surface area contributed by atoms with Crippen LogP contribution in [0.25, 0.3) is 0 Å². The molecule has 1 unspecified atom stereocenters. The summed E-state index contributed by atoms with van der Waals surface area (Å²) in [5.74, 6) is 0.820. The number of ether oxygens (including phenoxy) is 1. The number of aliphatic hydroxyl groups excluding tert-OH is 1. The van der Waals surface area contributed by atoms with E-state index in [1.54, 1.807) is 12.1 Å². The third-order valence-electron chi connectivity index (χ3n) is 5.75. The lowest BCUT2D eigenvalue weighted by Crippen LogP contribution is -2.50. The van der Waals surface area contributed by atoms with E-state index in [-0.39, 0.29) is 6.61 Å². The summed E-state index contributed by atoms with van der Waals surface area (Å²) < 4.78 is 33.3. The van der Waals surface area contributed by atoms with Gasteiger partial charge in [-0.05, 0) is 62.1 Å². The molecule has 7 heteroatoms. The van der Waals surface area contributed by atoms with E-state index in [9.17, 15) is 13.5 Å². The molecule has 0 aromatic heterocycles. The van der Waals surface area contributed by atoms with Crippen LogP contribution in [0.2, 0.25) is 0 Å². The Kier molecular flexibility index (Phi) is 7.18. The summed E-state index contributed by atoms with van der Waals surface area (Å²) in [4.78, 5) is 2.44. The van der Waals surface area contributed by atoms with E-state index in [0.29, 0.717) is 37.6 Å². The molecule has 0 spiro atoms. The molecular weight excluding hydrogens is 400 g/mol. The molecule has 2 aromatic carbocycles. The van der Waals surface area contributed by atoms with Crippen molar-refractivity contribution in [1.29, 1.82) is 0 Å². The third kappa shape index (κ3) is 5.21. The zero-order chi connectivity index (χ0) is 21.9. The Balaban J connectivity index is 1.52. The number of benzene rings is 2. The maximum atomic E-state index is 12.9. The van der Waals surface area contributed by atoms with Gasteiger partial charge in [0.25, 0.3) is 0 Å². The number of aliphatic hydroxyl groups is 1. The quantitative estimate of drug-likeness (QED) is 0.728. The molecule has 6 nitrogen and oxygen atoms in total. The highest BCUT2D eigenvalue weighted by Gasteiger charge is 2.29. The highest BCUT2D eigenvalue weighted by molar-refractivity contribution is 7.89. The fourth-order valence-corrected chi connectivity index (χ4v) is 5.24. The molecule has 2 aromatic rings. The number of β-amino-alcohol motifs (C(OH)–C–C–N with tert-alkyl or cyclic N) is 1. The molecule has 1 aliphatic rings. The van der Waals surface area contributed by atoms with Crippen LogP contribution >= 0.6 is 0 Å². The van der Waals surface area contributed by atoms with Gasteiger partial charge in [-0.2, -0.15) is 4.31 Å². The normalized spacial score (nSPS) is 17.1. The molecule has 1 aliphatic heterocycles. The van der Waals surface area contributed by atoms with E-state index >= 15 is 0 Å². The first kappa shape index (κ1) is 22.7. The first-order valence-electron chi connectivity index (χ1n) is 10.4. The number of aryl methyl sites for hydroxylation is 4. The van der Waals surface area contributed by atoms with E-state index in [4.69, 9.17) is 4.74 Å². The lowest BCUT2D eigenvalue weighted by molar-refractivity contribution is 0.0565. The Hall–Kier alpha value is -1.93. The van der Waals surface area contributed by atoms with Gasteiger partial charge >= 0.3 is 0 Å². The standard InChI is InChI=1S/C23H32N2O4S/c1-17-8-9-22(14-20(17)4)30(27,28)25-12-10-24(11-13-25)15-21(26)16-29-23-18(2)6-5-7-19(23)3/h5-9,14,21,26H,10-13,15-16H2,1-4H3. The van der Waals surface area contributed by atoms with Gasteiger partial charge in [0.2, 0.25) is 10.0 Å². The van der Waals surface area contributed by atoms with Gasteiger partial charge in [0, 0.05) is 32.7 Å². The van der Waals surface area contributed by atoms with Gasteiger partial charge in [0.15, 0.2) is 0 Å². The summed E-state index contributed by atoms with van der Waals surface area (Å²) in [6, 6.07) is 11.2. The molecule has 3 rings (SSSR count). The summed E-state index contributed by atoms with van der Waals surface area (Å²) in [6.45, 7) is 10.6. The van der Waals surface area contributed by atoms with Crippen LogP contribution in [-0.2, 0) is 10.0 Å². The Labute approximate surface area is 180 Å². The van der Waals surface area contributed by atoms with Crippen molar-refractivity contribution in [2.75, 3.05) is 39.3 Å². The SMILES string of the molecule is Cc1ccc(S(=O)(=O)N2CCN(CC(O)COc3c(C)cccc3C)CC2)cc1C. The van der Waals surface area contributed by atoms with Gasteiger partial charge in [-0.25, -0.2) is 8.42 Å². The molecule has 0 aliphatic carbocycles. The highest BCUT2D eigenvalue weighted by atomic mass is 32.2. The van der Waals surface area contributed by atoms with Crippen molar-refractivity contribution in [1.82, 2.24) is 9.21 Å². The minimum absolute atomic E-state index is 0.215. The Morgan fingerprint density at radius 3 is 2.17 bits per heavy atom. The fraction of sp³-hybridized carbons (Fsp3) is 0.478. The Bertz CT molecular complexity index is 962. The first-order chi connectivity index (χ1) is 14.2. The number of hydrogen-bond acceptors (Lipinski definition) is 5. The molecule has 164 valence electrons. The third-order valence-corrected chi connectivity index (χ3v) is 7.64. The van der Waals surface area contributed by atoms with Crippen molar-refractivity contribution in [2.45, 2.75) is 38.7 Å². The second kappa shape index (κ2) is 9.47. The highest BCUT2D eigenvalue weighted by Crippen LogP contribution is 2.23. The van der Waals surface area contributed by atoms with Crippen LogP contribution in [-0.4, -0.2) is 68.2 Å². The number of nitrogens with zero attached hydrogens (tertiary/aromatic N) is 2. The van der Waals surface area contributed by atoms with E-state index in [2.05, 4.69) is 4.90 Å². The lowest BCUT2D eigenvalue weighted by atomic mass is 10.1. The average molecular weight is 433 g/mol. The van der Waals surface area contributed by atoms with Gasteiger partial charge in [-0.3, -0.25) is 4.90 Å². The average Bonchev–Trinajstić information content (AvgIpc) is 2.70. The maximum absolute atomic E-state index is 12.9. The topological polar surface area (TPSA) is 70.1 Å². The number of piperazine rings is 1. The van der Waals surface area contributed by atoms with Crippen molar-refractivity contribution in [3.63, 3.8) is 0 Å². The van der Waals surface area contributed by atoms with E-state index in [1.165, 1.54) is 4.31 Å². The van der Waals surface area contributed by atoms with Gasteiger partial charge in [0.05, 0.1) is 4.90 Å². The minimum atomic E-state index is -3.49. The molecular formula is C23H32N2O4S. The van der Waals surface area contributed by atoms with Gasteiger partial charge < -0.3 is 9.84 Å². The van der Waals surface area contributed by atoms with Gasteiger partial charge in [0.1, 0.15) is 18.5 Å². The maximum Gasteiger partial charge on any atom is 0.243 e. The smallest absolute Gasteiger partial charge is 0.243 e. The molecule has 0 amide bonds. The number of sulfonamides is 1. The molecule has 1 N–H and O–H groups in total. The van der Waals surface area contributed by atoms with Crippen molar-refractivity contribution in [3.05, 3.63) is 58.7 Å². The molecule has 1 atom stereocenters. The minimum Gasteiger partial charge on any atom is -0.490 e. The van der Waals surface area contributed by atoms with Crippen LogP contribution in [0.3, 0.4) is 0 Å². The molecule has 0 bridgehead atoms. The van der Waals surface area contributed by atoms with Crippen LogP contribution in [0.15, 0.2) is 41.3 Å². The van der Waals surface area contributed by atoms with E-state index in [0.717, 1.165) is 28.0 Å². The number of hydrogen-bond donors (Lipinski definition) is 1. The summed E-state index contributed by atoms with van der Waals surface area (Å²) in [5.41, 5.74) is 4.15. The van der Waals surface area contributed by atoms with E-state index < -0.39 is 16.1 Å². The van der Waals surface area contributed by atoms with Gasteiger partial charge in [-0.15, -0.1) is 0 Å². The second-order valence-corrected chi connectivity index (χ2v) is 10.1. The van der Waals surface area contributed by atoms with E-state index in [1.807, 2.05) is 52.0 Å². The summed E-state index contributed by atoms with van der Waals surface area (Å²) in [7, 11) is -3.49. The van der Waals surface area contributed by atoms with Crippen LogP contribution < -0.4 is 4.74 Å². The molecule has 0 radical (unpaired) electrons. The lowest BCUT2D eigenvalue weighted by Gasteiger charge is -2.35. The largest absolute Gasteiger partial charge is 0.490 e. The second-order valence-electron chi connectivity index (χ2n) is 8.14. The predicted octanol–water partition coefficient (Wildman–Crippen LogP) is 2.67. The van der Waals surface area contributed by atoms with Crippen LogP contribution in [0, 0.1) is 27.7 Å². The fourth-order valence-electron chi connectivity index (χ4n) is 3.73. The molecule has 1 fully saturated rings. The zero-order valence-electron chi connectivity index (χ0n) is 18.3. The van der Waals surface area contributed by atoms with Crippen LogP contribution in [0.4, 0.5) is 0 Å². The predicted molar refractivity (Wildman–Crippen MR) is 119 cm³/mol.